The third kappa shape index (κ3) is 4.97. The Hall–Kier alpha value is -3.80. The van der Waals surface area contributed by atoms with E-state index in [0.717, 1.165) is 22.5 Å². The fourth-order valence-corrected chi connectivity index (χ4v) is 3.02. The van der Waals surface area contributed by atoms with Crippen LogP contribution < -0.4 is 20.7 Å². The van der Waals surface area contributed by atoms with Gasteiger partial charge in [-0.3, -0.25) is 9.59 Å². The van der Waals surface area contributed by atoms with E-state index in [1.807, 2.05) is 50.2 Å². The fourth-order valence-electron chi connectivity index (χ4n) is 3.02. The Labute approximate surface area is 176 Å². The van der Waals surface area contributed by atoms with Crippen LogP contribution in [0.3, 0.4) is 0 Å². The maximum atomic E-state index is 12.7. The van der Waals surface area contributed by atoms with Crippen molar-refractivity contribution in [2.75, 3.05) is 24.3 Å². The molecule has 0 spiro atoms. The van der Waals surface area contributed by atoms with Crippen LogP contribution in [0.25, 0.3) is 0 Å². The minimum atomic E-state index is -0.547. The summed E-state index contributed by atoms with van der Waals surface area (Å²) in [4.78, 5) is 26.3. The monoisotopic (exact) mass is 403 g/mol. The lowest BCUT2D eigenvalue weighted by Gasteiger charge is -2.16. The molecule has 3 rings (SSSR count). The second-order valence-electron chi connectivity index (χ2n) is 7.20. The van der Waals surface area contributed by atoms with Gasteiger partial charge < -0.3 is 20.7 Å². The number of rotatable bonds is 7. The first-order valence-electron chi connectivity index (χ1n) is 9.55. The lowest BCUT2D eigenvalue weighted by Crippen LogP contribution is -2.14. The smallest absolute Gasteiger partial charge is 0.255 e. The molecule has 3 aromatic carbocycles. The molecular formula is C24H25N3O3. The van der Waals surface area contributed by atoms with E-state index in [9.17, 15) is 9.59 Å². The third-order valence-electron chi connectivity index (χ3n) is 4.71. The van der Waals surface area contributed by atoms with Crippen molar-refractivity contribution in [3.05, 3.63) is 89.0 Å². The van der Waals surface area contributed by atoms with Crippen molar-refractivity contribution < 1.29 is 14.3 Å². The molecule has 0 aliphatic carbocycles. The van der Waals surface area contributed by atoms with Gasteiger partial charge in [-0.2, -0.15) is 0 Å². The second kappa shape index (κ2) is 9.13. The number of ether oxygens (including phenoxy) is 1. The highest BCUT2D eigenvalue weighted by atomic mass is 16.5. The first-order chi connectivity index (χ1) is 14.3. The van der Waals surface area contributed by atoms with Crippen molar-refractivity contribution >= 4 is 23.2 Å². The molecule has 0 aliphatic heterocycles. The third-order valence-corrected chi connectivity index (χ3v) is 4.71. The second-order valence-corrected chi connectivity index (χ2v) is 7.20. The molecule has 0 saturated carbocycles. The SMILES string of the molecule is Cc1cc(N(C)C)ccc1NC(=O)c1cccc(COc2ccccc2C(N)=O)c1. The Morgan fingerprint density at radius 3 is 2.47 bits per heavy atom. The molecule has 0 heterocycles. The van der Waals surface area contributed by atoms with Gasteiger partial charge in [0.05, 0.1) is 5.56 Å². The number of amides is 2. The van der Waals surface area contributed by atoms with E-state index in [1.54, 1.807) is 42.5 Å². The number of anilines is 2. The number of hydrogen-bond acceptors (Lipinski definition) is 4. The molecule has 6 nitrogen and oxygen atoms in total. The molecule has 0 unspecified atom stereocenters. The van der Waals surface area contributed by atoms with Gasteiger partial charge in [0.25, 0.3) is 11.8 Å². The Balaban J connectivity index is 1.71. The highest BCUT2D eigenvalue weighted by molar-refractivity contribution is 6.04. The summed E-state index contributed by atoms with van der Waals surface area (Å²) in [5, 5.41) is 2.96. The van der Waals surface area contributed by atoms with Gasteiger partial charge in [-0.1, -0.05) is 24.3 Å². The maximum absolute atomic E-state index is 12.7. The lowest BCUT2D eigenvalue weighted by atomic mass is 10.1. The first-order valence-corrected chi connectivity index (χ1v) is 9.55. The average Bonchev–Trinajstić information content (AvgIpc) is 2.73. The standard InChI is InChI=1S/C24H25N3O3/c1-16-13-19(27(2)3)11-12-21(16)26-24(29)18-8-6-7-17(14-18)15-30-22-10-5-4-9-20(22)23(25)28/h4-14H,15H2,1-3H3,(H2,25,28)(H,26,29). The van der Waals surface area contributed by atoms with Gasteiger partial charge in [0.15, 0.2) is 0 Å². The number of carbonyl (C=O) groups excluding carboxylic acids is 2. The summed E-state index contributed by atoms with van der Waals surface area (Å²) < 4.78 is 5.76. The van der Waals surface area contributed by atoms with Crippen LogP contribution >= 0.6 is 0 Å². The summed E-state index contributed by atoms with van der Waals surface area (Å²) in [7, 11) is 3.95. The summed E-state index contributed by atoms with van der Waals surface area (Å²) in [5.41, 5.74) is 9.86. The molecule has 0 fully saturated rings. The lowest BCUT2D eigenvalue weighted by molar-refractivity contribution is 0.0994. The minimum absolute atomic E-state index is 0.199. The number of benzene rings is 3. The van der Waals surface area contributed by atoms with E-state index in [-0.39, 0.29) is 12.5 Å². The Kier molecular flexibility index (Phi) is 6.37. The highest BCUT2D eigenvalue weighted by Gasteiger charge is 2.11. The molecule has 3 N–H and O–H groups in total. The molecule has 3 aromatic rings. The number of nitrogens with zero attached hydrogens (tertiary/aromatic N) is 1. The van der Waals surface area contributed by atoms with E-state index in [1.165, 1.54) is 0 Å². The van der Waals surface area contributed by atoms with Gasteiger partial charge in [-0.15, -0.1) is 0 Å². The number of aryl methyl sites for hydroxylation is 1. The molecule has 154 valence electrons. The number of nitrogens with one attached hydrogen (secondary N) is 1. The van der Waals surface area contributed by atoms with Crippen molar-refractivity contribution in [1.29, 1.82) is 0 Å². The predicted molar refractivity (Wildman–Crippen MR) is 119 cm³/mol. The van der Waals surface area contributed by atoms with E-state index >= 15 is 0 Å². The average molecular weight is 403 g/mol. The highest BCUT2D eigenvalue weighted by Crippen LogP contribution is 2.23. The Morgan fingerprint density at radius 2 is 1.77 bits per heavy atom. The van der Waals surface area contributed by atoms with Gasteiger partial charge in [-0.05, 0) is 60.5 Å². The summed E-state index contributed by atoms with van der Waals surface area (Å²) >= 11 is 0. The normalized spacial score (nSPS) is 10.4. The molecule has 30 heavy (non-hydrogen) atoms. The zero-order valence-corrected chi connectivity index (χ0v) is 17.3. The maximum Gasteiger partial charge on any atom is 0.255 e. The van der Waals surface area contributed by atoms with Crippen LogP contribution in [-0.4, -0.2) is 25.9 Å². The van der Waals surface area contributed by atoms with Crippen molar-refractivity contribution in [3.8, 4) is 5.75 Å². The zero-order chi connectivity index (χ0) is 21.7. The molecular weight excluding hydrogens is 378 g/mol. The van der Waals surface area contributed by atoms with E-state index in [4.69, 9.17) is 10.5 Å². The van der Waals surface area contributed by atoms with Gasteiger partial charge in [-0.25, -0.2) is 0 Å². The van der Waals surface area contributed by atoms with E-state index in [2.05, 4.69) is 5.32 Å². The number of nitrogens with two attached hydrogens (primary N) is 1. The van der Waals surface area contributed by atoms with Crippen molar-refractivity contribution in [2.45, 2.75) is 13.5 Å². The van der Waals surface area contributed by atoms with Crippen LogP contribution in [0.1, 0.15) is 31.8 Å². The van der Waals surface area contributed by atoms with Crippen molar-refractivity contribution in [2.24, 2.45) is 5.73 Å². The van der Waals surface area contributed by atoms with E-state index in [0.29, 0.717) is 16.9 Å². The van der Waals surface area contributed by atoms with Gasteiger partial charge >= 0.3 is 0 Å². The summed E-state index contributed by atoms with van der Waals surface area (Å²) in [6, 6.07) is 19.9. The molecule has 2 amide bonds. The van der Waals surface area contributed by atoms with Gasteiger partial charge in [0, 0.05) is 31.0 Å². The fraction of sp³-hybridized carbons (Fsp3) is 0.167. The Bertz CT molecular complexity index is 1080. The molecule has 0 bridgehead atoms. The molecule has 0 radical (unpaired) electrons. The molecule has 0 aromatic heterocycles. The van der Waals surface area contributed by atoms with Crippen molar-refractivity contribution in [3.63, 3.8) is 0 Å². The van der Waals surface area contributed by atoms with Crippen LogP contribution in [0.4, 0.5) is 11.4 Å². The largest absolute Gasteiger partial charge is 0.488 e. The first kappa shape index (κ1) is 20.9. The van der Waals surface area contributed by atoms with Crippen LogP contribution in [0.15, 0.2) is 66.7 Å². The minimum Gasteiger partial charge on any atom is -0.488 e. The van der Waals surface area contributed by atoms with Crippen LogP contribution in [0.5, 0.6) is 5.75 Å². The molecule has 0 saturated heterocycles. The van der Waals surface area contributed by atoms with E-state index < -0.39 is 5.91 Å². The molecule has 0 aliphatic rings. The quantitative estimate of drug-likeness (QED) is 0.625. The van der Waals surface area contributed by atoms with Crippen LogP contribution in [-0.2, 0) is 6.61 Å². The summed E-state index contributed by atoms with van der Waals surface area (Å²) in [5.74, 6) is -0.332. The number of carbonyl (C=O) groups is 2. The number of para-hydroxylation sites is 1. The zero-order valence-electron chi connectivity index (χ0n) is 17.3. The number of primary amides is 1. The van der Waals surface area contributed by atoms with Crippen LogP contribution in [0.2, 0.25) is 0 Å². The summed E-state index contributed by atoms with van der Waals surface area (Å²) in [6.07, 6.45) is 0. The number of hydrogen-bond donors (Lipinski definition) is 2. The molecule has 0 atom stereocenters. The van der Waals surface area contributed by atoms with Gasteiger partial charge in [0.1, 0.15) is 12.4 Å². The van der Waals surface area contributed by atoms with Crippen LogP contribution in [0, 0.1) is 6.92 Å². The van der Waals surface area contributed by atoms with Gasteiger partial charge in [0.2, 0.25) is 0 Å². The Morgan fingerprint density at radius 1 is 1.00 bits per heavy atom. The summed E-state index contributed by atoms with van der Waals surface area (Å²) in [6.45, 7) is 2.17. The molecule has 6 heteroatoms. The van der Waals surface area contributed by atoms with Crippen molar-refractivity contribution in [1.82, 2.24) is 0 Å². The topological polar surface area (TPSA) is 84.7 Å². The predicted octanol–water partition coefficient (Wildman–Crippen LogP) is 3.99.